The van der Waals surface area contributed by atoms with Crippen LogP contribution in [0.25, 0.3) is 0 Å². The highest BCUT2D eigenvalue weighted by Gasteiger charge is 2.04. The van der Waals surface area contributed by atoms with Crippen LogP contribution in [0.3, 0.4) is 0 Å². The second-order valence-electron chi connectivity index (χ2n) is 3.34. The summed E-state index contributed by atoms with van der Waals surface area (Å²) in [5.74, 6) is 0. The van der Waals surface area contributed by atoms with Crippen LogP contribution in [0.4, 0.5) is 0 Å². The number of nitrogens with zero attached hydrogens (tertiary/aromatic N) is 2. The summed E-state index contributed by atoms with van der Waals surface area (Å²) in [7, 11) is 1.95. The van der Waals surface area contributed by atoms with Crippen LogP contribution in [0.2, 0.25) is 0 Å². The molecule has 0 bridgehead atoms. The molecule has 0 saturated carbocycles. The van der Waals surface area contributed by atoms with Crippen LogP contribution in [-0.2, 0) is 0 Å². The van der Waals surface area contributed by atoms with E-state index in [0.717, 1.165) is 9.37 Å². The van der Waals surface area contributed by atoms with E-state index in [9.17, 15) is 0 Å². The largest absolute Gasteiger partial charge is 0.313 e. The van der Waals surface area contributed by atoms with Crippen LogP contribution >= 0.6 is 23.1 Å². The number of thiazole rings is 1. The predicted octanol–water partition coefficient (Wildman–Crippen LogP) is 2.97. The molecule has 0 aliphatic heterocycles. The zero-order chi connectivity index (χ0) is 11.4. The number of hydrogen-bond acceptors (Lipinski definition) is 5. The Morgan fingerprint density at radius 1 is 1.38 bits per heavy atom. The quantitative estimate of drug-likeness (QED) is 0.906. The van der Waals surface area contributed by atoms with Crippen molar-refractivity contribution in [2.24, 2.45) is 0 Å². The predicted molar refractivity (Wildman–Crippen MR) is 67.9 cm³/mol. The first-order valence-corrected chi connectivity index (χ1v) is 6.70. The summed E-state index contributed by atoms with van der Waals surface area (Å²) in [6, 6.07) is 4.48. The molecule has 2 heterocycles. The van der Waals surface area contributed by atoms with Crippen molar-refractivity contribution in [3.63, 3.8) is 0 Å². The smallest absolute Gasteiger partial charge is 0.156 e. The molecule has 0 aliphatic rings. The summed E-state index contributed by atoms with van der Waals surface area (Å²) in [6.45, 7) is 2.12. The fourth-order valence-electron chi connectivity index (χ4n) is 1.23. The molecule has 3 nitrogen and oxygen atoms in total. The molecule has 1 N–H and O–H groups in total. The van der Waals surface area contributed by atoms with Crippen molar-refractivity contribution < 1.29 is 0 Å². The third kappa shape index (κ3) is 2.81. The second kappa shape index (κ2) is 5.43. The SMILES string of the molecule is CNC(C)c1ccc(Sc2nccs2)nc1. The summed E-state index contributed by atoms with van der Waals surface area (Å²) in [6.07, 6.45) is 3.72. The average molecular weight is 251 g/mol. The number of hydrogen-bond donors (Lipinski definition) is 1. The first-order chi connectivity index (χ1) is 7.79. The molecule has 0 fully saturated rings. The molecule has 84 valence electrons. The first-order valence-electron chi connectivity index (χ1n) is 5.00. The van der Waals surface area contributed by atoms with E-state index in [0.29, 0.717) is 6.04 Å². The molecule has 2 aromatic rings. The Bertz CT molecular complexity index is 425. The number of pyridine rings is 1. The van der Waals surface area contributed by atoms with E-state index in [1.807, 2.05) is 30.9 Å². The van der Waals surface area contributed by atoms with E-state index < -0.39 is 0 Å². The van der Waals surface area contributed by atoms with Gasteiger partial charge in [0.15, 0.2) is 4.34 Å². The lowest BCUT2D eigenvalue weighted by Crippen LogP contribution is -2.12. The highest BCUT2D eigenvalue weighted by molar-refractivity contribution is 8.00. The van der Waals surface area contributed by atoms with Gasteiger partial charge >= 0.3 is 0 Å². The third-order valence-electron chi connectivity index (χ3n) is 2.29. The summed E-state index contributed by atoms with van der Waals surface area (Å²) >= 11 is 3.23. The van der Waals surface area contributed by atoms with Crippen molar-refractivity contribution in [2.75, 3.05) is 7.05 Å². The molecule has 1 unspecified atom stereocenters. The Labute approximate surface area is 103 Å². The van der Waals surface area contributed by atoms with Crippen molar-refractivity contribution in [1.29, 1.82) is 0 Å². The lowest BCUT2D eigenvalue weighted by Gasteiger charge is -2.09. The van der Waals surface area contributed by atoms with Crippen molar-refractivity contribution in [1.82, 2.24) is 15.3 Å². The third-order valence-corrected chi connectivity index (χ3v) is 4.13. The second-order valence-corrected chi connectivity index (χ2v) is 5.50. The van der Waals surface area contributed by atoms with Gasteiger partial charge in [0.2, 0.25) is 0 Å². The fourth-order valence-corrected chi connectivity index (χ4v) is 2.73. The maximum atomic E-state index is 4.41. The van der Waals surface area contributed by atoms with Gasteiger partial charge in [-0.15, -0.1) is 11.3 Å². The van der Waals surface area contributed by atoms with Crippen LogP contribution < -0.4 is 5.32 Å². The van der Waals surface area contributed by atoms with E-state index in [4.69, 9.17) is 0 Å². The first kappa shape index (κ1) is 11.6. The van der Waals surface area contributed by atoms with Crippen molar-refractivity contribution in [3.05, 3.63) is 35.5 Å². The minimum atomic E-state index is 0.339. The van der Waals surface area contributed by atoms with E-state index >= 15 is 0 Å². The van der Waals surface area contributed by atoms with Gasteiger partial charge in [-0.25, -0.2) is 9.97 Å². The Hall–Kier alpha value is -0.910. The molecule has 0 aliphatic carbocycles. The molecule has 0 spiro atoms. The van der Waals surface area contributed by atoms with Gasteiger partial charge in [-0.3, -0.25) is 0 Å². The standard InChI is InChI=1S/C11H13N3S2/c1-8(12-2)9-3-4-10(14-7-9)16-11-13-5-6-15-11/h3-8,12H,1-2H3. The normalized spacial score (nSPS) is 12.6. The lowest BCUT2D eigenvalue weighted by molar-refractivity contribution is 0.648. The lowest BCUT2D eigenvalue weighted by atomic mass is 10.1. The van der Waals surface area contributed by atoms with Crippen molar-refractivity contribution >= 4 is 23.1 Å². The van der Waals surface area contributed by atoms with Gasteiger partial charge < -0.3 is 5.32 Å². The van der Waals surface area contributed by atoms with E-state index in [1.165, 1.54) is 5.56 Å². The topological polar surface area (TPSA) is 37.8 Å². The van der Waals surface area contributed by atoms with Gasteiger partial charge in [0.1, 0.15) is 5.03 Å². The fraction of sp³-hybridized carbons (Fsp3) is 0.273. The summed E-state index contributed by atoms with van der Waals surface area (Å²) in [5, 5.41) is 6.15. The van der Waals surface area contributed by atoms with Crippen molar-refractivity contribution in [3.8, 4) is 0 Å². The highest BCUT2D eigenvalue weighted by Crippen LogP contribution is 2.27. The molecule has 0 amide bonds. The molecule has 0 aromatic carbocycles. The zero-order valence-corrected chi connectivity index (χ0v) is 10.8. The molecule has 5 heteroatoms. The van der Waals surface area contributed by atoms with Crippen LogP contribution in [0.1, 0.15) is 18.5 Å². The Morgan fingerprint density at radius 3 is 2.81 bits per heavy atom. The minimum absolute atomic E-state index is 0.339. The maximum absolute atomic E-state index is 4.41. The van der Waals surface area contributed by atoms with Gasteiger partial charge in [-0.1, -0.05) is 6.07 Å². The molecule has 2 rings (SSSR count). The van der Waals surface area contributed by atoms with E-state index in [1.54, 1.807) is 23.1 Å². The summed E-state index contributed by atoms with van der Waals surface area (Å²) in [5.41, 5.74) is 1.20. The molecule has 16 heavy (non-hydrogen) atoms. The van der Waals surface area contributed by atoms with Gasteiger partial charge in [0, 0.05) is 23.8 Å². The van der Waals surface area contributed by atoms with Gasteiger partial charge in [0.05, 0.1) is 0 Å². The molecular formula is C11H13N3S2. The minimum Gasteiger partial charge on any atom is -0.313 e. The Kier molecular flexibility index (Phi) is 3.93. The van der Waals surface area contributed by atoms with E-state index in [2.05, 4.69) is 28.3 Å². The number of aromatic nitrogens is 2. The summed E-state index contributed by atoms with van der Waals surface area (Å²) in [4.78, 5) is 8.63. The van der Waals surface area contributed by atoms with Crippen molar-refractivity contribution in [2.45, 2.75) is 22.3 Å². The van der Waals surface area contributed by atoms with E-state index in [-0.39, 0.29) is 0 Å². The Balaban J connectivity index is 2.07. The van der Waals surface area contributed by atoms with Gasteiger partial charge in [0.25, 0.3) is 0 Å². The number of rotatable bonds is 4. The van der Waals surface area contributed by atoms with Gasteiger partial charge in [-0.2, -0.15) is 0 Å². The van der Waals surface area contributed by atoms with Crippen LogP contribution in [0.15, 0.2) is 39.3 Å². The Morgan fingerprint density at radius 2 is 2.25 bits per heavy atom. The molecule has 1 atom stereocenters. The molecule has 0 radical (unpaired) electrons. The van der Waals surface area contributed by atoms with Gasteiger partial charge in [-0.05, 0) is 37.4 Å². The van der Waals surface area contributed by atoms with Crippen LogP contribution in [0, 0.1) is 0 Å². The average Bonchev–Trinajstić information content (AvgIpc) is 2.82. The number of nitrogens with one attached hydrogen (secondary N) is 1. The molecule has 0 saturated heterocycles. The maximum Gasteiger partial charge on any atom is 0.156 e. The van der Waals surface area contributed by atoms with Crippen LogP contribution in [0.5, 0.6) is 0 Å². The monoisotopic (exact) mass is 251 g/mol. The zero-order valence-electron chi connectivity index (χ0n) is 9.18. The molecule has 2 aromatic heterocycles. The molecular weight excluding hydrogens is 238 g/mol. The summed E-state index contributed by atoms with van der Waals surface area (Å²) < 4.78 is 1.03. The van der Waals surface area contributed by atoms with Crippen LogP contribution in [-0.4, -0.2) is 17.0 Å². The highest BCUT2D eigenvalue weighted by atomic mass is 32.2.